The number of hydrogen-bond donors (Lipinski definition) is 0. The van der Waals surface area contributed by atoms with Gasteiger partial charge in [-0.1, -0.05) is 12.1 Å². The molecule has 0 spiro atoms. The Kier molecular flexibility index (Phi) is 14.7. The van der Waals surface area contributed by atoms with E-state index >= 15 is 0 Å². The molecule has 0 aromatic carbocycles. The predicted octanol–water partition coefficient (Wildman–Crippen LogP) is 6.40. The van der Waals surface area contributed by atoms with Crippen molar-refractivity contribution in [2.75, 3.05) is 0 Å². The van der Waals surface area contributed by atoms with Gasteiger partial charge in [-0.05, 0) is 64.8 Å². The molecule has 0 aliphatic carbocycles. The summed E-state index contributed by atoms with van der Waals surface area (Å²) >= 11 is 4.24. The number of hydrogen-bond acceptors (Lipinski definition) is 2. The first-order valence-electron chi connectivity index (χ1n) is 6.36. The topological polar surface area (TPSA) is 25.8 Å². The summed E-state index contributed by atoms with van der Waals surface area (Å²) in [6.07, 6.45) is 0. The summed E-state index contributed by atoms with van der Waals surface area (Å²) in [5.41, 5.74) is 6.99. The van der Waals surface area contributed by atoms with E-state index in [4.69, 9.17) is 0 Å². The van der Waals surface area contributed by atoms with Gasteiger partial charge in [0.1, 0.15) is 0 Å². The molecule has 0 unspecified atom stereocenters. The Morgan fingerprint density at radius 3 is 1.10 bits per heavy atom. The molecule has 118 valence electrons. The van der Waals surface area contributed by atoms with Crippen molar-refractivity contribution in [3.05, 3.63) is 58.2 Å². The molecule has 2 aromatic rings. The van der Waals surface area contributed by atoms with E-state index in [2.05, 4.69) is 73.2 Å². The Labute approximate surface area is 169 Å². The van der Waals surface area contributed by atoms with Crippen LogP contribution in [0.4, 0.5) is 0 Å². The van der Waals surface area contributed by atoms with E-state index in [1.165, 1.54) is 11.1 Å². The highest BCUT2D eigenvalue weighted by atomic mass is 128. The first-order valence-corrected chi connectivity index (χ1v) is 12.6. The minimum atomic E-state index is 0. The third-order valence-corrected chi connectivity index (χ3v) is 2.98. The molecule has 0 bridgehead atoms. The highest BCUT2D eigenvalue weighted by Gasteiger charge is 1.91. The smallest absolute Gasteiger partial charge is 0.0404 e. The minimum absolute atomic E-state index is 0. The van der Waals surface area contributed by atoms with E-state index in [0.29, 0.717) is 0 Å². The van der Waals surface area contributed by atoms with Crippen molar-refractivity contribution in [3.63, 3.8) is 0 Å². The largest absolute Gasteiger partial charge is 0.258 e. The van der Waals surface area contributed by atoms with Crippen LogP contribution in [-0.2, 0) is 0 Å². The van der Waals surface area contributed by atoms with E-state index in [0.717, 1.165) is 22.8 Å². The molecule has 2 rings (SSSR count). The number of nitrogens with zero attached hydrogens (tertiary/aromatic N) is 2. The summed E-state index contributed by atoms with van der Waals surface area (Å²) in [7, 11) is 0. The zero-order valence-corrected chi connectivity index (χ0v) is 20.0. The molecule has 0 aliphatic rings. The quantitative estimate of drug-likeness (QED) is 0.318. The van der Waals surface area contributed by atoms with Gasteiger partial charge in [-0.3, -0.25) is 9.97 Å². The third-order valence-electron chi connectivity index (χ3n) is 2.98. The van der Waals surface area contributed by atoms with Crippen LogP contribution in [0.3, 0.4) is 0 Å². The number of halogens is 3. The maximum Gasteiger partial charge on any atom is 0.0404 e. The first kappa shape index (κ1) is 23.8. The van der Waals surface area contributed by atoms with Crippen molar-refractivity contribution in [2.24, 2.45) is 0 Å². The fourth-order valence-corrected chi connectivity index (χ4v) is 1.51. The number of rotatable bonds is 0. The van der Waals surface area contributed by atoms with Crippen molar-refractivity contribution in [2.45, 2.75) is 41.5 Å². The zero-order chi connectivity index (χ0) is 15.7. The summed E-state index contributed by atoms with van der Waals surface area (Å²) in [6.45, 7) is 12.2. The monoisotopic (exact) mass is 624 g/mol. The first-order chi connectivity index (χ1) is 9.40. The molecule has 2 nitrogen and oxygen atoms in total. The van der Waals surface area contributed by atoms with Crippen LogP contribution in [0.25, 0.3) is 0 Å². The van der Waals surface area contributed by atoms with Crippen LogP contribution in [0.2, 0.25) is 0 Å². The van der Waals surface area contributed by atoms with E-state index in [1.807, 2.05) is 39.8 Å². The summed E-state index contributed by atoms with van der Waals surface area (Å²) < 4.78 is 0. The maximum absolute atomic E-state index is 4.27. The molecule has 0 radical (unpaired) electrons. The van der Waals surface area contributed by atoms with Crippen LogP contribution in [-0.4, -0.2) is 9.97 Å². The summed E-state index contributed by atoms with van der Waals surface area (Å²) in [5, 5.41) is 0. The molecule has 0 atom stereocenters. The summed E-state index contributed by atoms with van der Waals surface area (Å²) in [5.74, 6) is 0. The minimum Gasteiger partial charge on any atom is -0.258 e. The molecule has 2 heterocycles. The van der Waals surface area contributed by atoms with E-state index in [1.54, 1.807) is 0 Å². The van der Waals surface area contributed by atoms with Crippen LogP contribution in [0.5, 0.6) is 0 Å². The Balaban J connectivity index is 0. The van der Waals surface area contributed by atoms with E-state index in [-0.39, 0.29) is 24.0 Å². The molecule has 0 saturated heterocycles. The Bertz CT molecular complexity index is 494. The fourth-order valence-electron chi connectivity index (χ4n) is 1.51. The standard InChI is InChI=1S/2C8H11N.I2.HI/c2*1-6-4-5-7(2)9-8(6)3;1-2;/h2*4-5H,1-3H3;;1H. The van der Waals surface area contributed by atoms with Crippen molar-refractivity contribution >= 4 is 61.2 Å². The van der Waals surface area contributed by atoms with E-state index in [9.17, 15) is 0 Å². The fraction of sp³-hybridized carbons (Fsp3) is 0.375. The molecule has 0 amide bonds. The SMILES string of the molecule is Cc1ccc(C)c(C)n1.Cc1ccc(C)c(C)n1.I.II. The van der Waals surface area contributed by atoms with Gasteiger partial charge in [0, 0.05) is 60.0 Å². The van der Waals surface area contributed by atoms with Crippen molar-refractivity contribution in [1.82, 2.24) is 9.97 Å². The Morgan fingerprint density at radius 1 is 0.619 bits per heavy atom. The second kappa shape index (κ2) is 13.0. The predicted molar refractivity (Wildman–Crippen MR) is 120 cm³/mol. The lowest BCUT2D eigenvalue weighted by molar-refractivity contribution is 1.09. The lowest BCUT2D eigenvalue weighted by Gasteiger charge is -1.97. The van der Waals surface area contributed by atoms with Crippen molar-refractivity contribution in [3.8, 4) is 0 Å². The van der Waals surface area contributed by atoms with Gasteiger partial charge in [0.05, 0.1) is 0 Å². The van der Waals surface area contributed by atoms with Crippen LogP contribution >= 0.6 is 61.2 Å². The normalized spacial score (nSPS) is 8.57. The number of pyridine rings is 2. The van der Waals surface area contributed by atoms with Gasteiger partial charge >= 0.3 is 0 Å². The lowest BCUT2D eigenvalue weighted by Crippen LogP contribution is -1.87. The van der Waals surface area contributed by atoms with Gasteiger partial charge in [-0.15, -0.1) is 24.0 Å². The van der Waals surface area contributed by atoms with Crippen LogP contribution < -0.4 is 0 Å². The number of aryl methyl sites for hydroxylation is 6. The highest BCUT2D eigenvalue weighted by molar-refractivity contribution is 15.0. The van der Waals surface area contributed by atoms with Gasteiger partial charge in [0.2, 0.25) is 0 Å². The maximum atomic E-state index is 4.27. The van der Waals surface area contributed by atoms with E-state index < -0.39 is 0 Å². The molecule has 0 fully saturated rings. The summed E-state index contributed by atoms with van der Waals surface area (Å²) in [4.78, 5) is 8.55. The van der Waals surface area contributed by atoms with Crippen molar-refractivity contribution < 1.29 is 0 Å². The van der Waals surface area contributed by atoms with Crippen molar-refractivity contribution in [1.29, 1.82) is 0 Å². The van der Waals surface area contributed by atoms with Gasteiger partial charge in [-0.25, -0.2) is 0 Å². The third kappa shape index (κ3) is 9.98. The Morgan fingerprint density at radius 2 is 0.905 bits per heavy atom. The van der Waals surface area contributed by atoms with Crippen LogP contribution in [0.15, 0.2) is 24.3 Å². The summed E-state index contributed by atoms with van der Waals surface area (Å²) in [6, 6.07) is 8.25. The zero-order valence-electron chi connectivity index (χ0n) is 13.4. The second-order valence-corrected chi connectivity index (χ2v) is 4.71. The molecule has 5 heteroatoms. The molecular weight excluding hydrogens is 601 g/mol. The van der Waals surface area contributed by atoms with Crippen LogP contribution in [0, 0.1) is 41.5 Å². The molecule has 2 aromatic heterocycles. The highest BCUT2D eigenvalue weighted by Crippen LogP contribution is 2.03. The van der Waals surface area contributed by atoms with Crippen LogP contribution in [0.1, 0.15) is 33.9 Å². The van der Waals surface area contributed by atoms with Gasteiger partial charge in [0.25, 0.3) is 0 Å². The molecular formula is C16H23I3N2. The average Bonchev–Trinajstić information content (AvgIpc) is 2.42. The number of aromatic nitrogens is 2. The molecule has 0 aliphatic heterocycles. The Hall–Kier alpha value is 0.490. The molecule has 21 heavy (non-hydrogen) atoms. The molecule has 0 N–H and O–H groups in total. The lowest BCUT2D eigenvalue weighted by atomic mass is 10.2. The average molecular weight is 624 g/mol. The second-order valence-electron chi connectivity index (χ2n) is 4.71. The molecule has 0 saturated carbocycles. The van der Waals surface area contributed by atoms with Gasteiger partial charge in [0.15, 0.2) is 0 Å². The van der Waals surface area contributed by atoms with Gasteiger partial charge < -0.3 is 0 Å². The van der Waals surface area contributed by atoms with Gasteiger partial charge in [-0.2, -0.15) is 0 Å².